The highest BCUT2D eigenvalue weighted by atomic mass is 16.2. The lowest BCUT2D eigenvalue weighted by atomic mass is 10.1. The summed E-state index contributed by atoms with van der Waals surface area (Å²) in [6, 6.07) is 7.79. The van der Waals surface area contributed by atoms with Crippen LogP contribution in [0.4, 0.5) is 5.69 Å². The minimum atomic E-state index is -0.0137. The number of fused-ring (bicyclic) bond motifs is 1. The van der Waals surface area contributed by atoms with E-state index in [0.717, 1.165) is 11.3 Å². The molecule has 96 valence electrons. The Kier molecular flexibility index (Phi) is 3.65. The maximum atomic E-state index is 12.0. The molecule has 1 aliphatic rings. The van der Waals surface area contributed by atoms with E-state index < -0.39 is 0 Å². The van der Waals surface area contributed by atoms with Gasteiger partial charge >= 0.3 is 0 Å². The number of carbonyl (C=O) groups excluding carboxylic acids is 2. The molecule has 0 spiro atoms. The molecule has 4 heteroatoms. The Balaban J connectivity index is 2.42. The summed E-state index contributed by atoms with van der Waals surface area (Å²) >= 11 is 0. The molecule has 2 amide bonds. The average Bonchev–Trinajstić information content (AvgIpc) is 2.34. The summed E-state index contributed by atoms with van der Waals surface area (Å²) < 4.78 is 0. The SMILES string of the molecule is CCN1Cc2ccccc2N(C(C)=O)CCC1=O. The molecule has 0 unspecified atom stereocenters. The Labute approximate surface area is 107 Å². The number of hydrogen-bond acceptors (Lipinski definition) is 2. The summed E-state index contributed by atoms with van der Waals surface area (Å²) in [6.45, 7) is 5.26. The zero-order valence-corrected chi connectivity index (χ0v) is 10.8. The Morgan fingerprint density at radius 1 is 1.33 bits per heavy atom. The highest BCUT2D eigenvalue weighted by molar-refractivity contribution is 5.93. The van der Waals surface area contributed by atoms with Gasteiger partial charge < -0.3 is 9.80 Å². The Bertz CT molecular complexity index is 471. The molecule has 1 heterocycles. The van der Waals surface area contributed by atoms with Crippen molar-refractivity contribution in [3.8, 4) is 0 Å². The van der Waals surface area contributed by atoms with Crippen molar-refractivity contribution in [2.24, 2.45) is 0 Å². The number of nitrogens with zero attached hydrogens (tertiary/aromatic N) is 2. The van der Waals surface area contributed by atoms with E-state index in [1.165, 1.54) is 0 Å². The molecule has 0 fully saturated rings. The van der Waals surface area contributed by atoms with Crippen LogP contribution in [-0.2, 0) is 16.1 Å². The van der Waals surface area contributed by atoms with Crippen LogP contribution in [0, 0.1) is 0 Å². The monoisotopic (exact) mass is 246 g/mol. The number of carbonyl (C=O) groups is 2. The van der Waals surface area contributed by atoms with Crippen molar-refractivity contribution >= 4 is 17.5 Å². The Morgan fingerprint density at radius 2 is 2.06 bits per heavy atom. The number of hydrogen-bond donors (Lipinski definition) is 0. The van der Waals surface area contributed by atoms with Gasteiger partial charge in [-0.25, -0.2) is 0 Å². The molecule has 2 rings (SSSR count). The number of amides is 2. The van der Waals surface area contributed by atoms with Crippen molar-refractivity contribution in [2.45, 2.75) is 26.8 Å². The van der Waals surface area contributed by atoms with E-state index in [0.29, 0.717) is 26.1 Å². The average molecular weight is 246 g/mol. The van der Waals surface area contributed by atoms with Gasteiger partial charge in [0, 0.05) is 38.7 Å². The van der Waals surface area contributed by atoms with Gasteiger partial charge in [-0.1, -0.05) is 18.2 Å². The fraction of sp³-hybridized carbons (Fsp3) is 0.429. The maximum Gasteiger partial charge on any atom is 0.224 e. The van der Waals surface area contributed by atoms with E-state index in [1.54, 1.807) is 11.8 Å². The van der Waals surface area contributed by atoms with Gasteiger partial charge in [-0.05, 0) is 18.6 Å². The van der Waals surface area contributed by atoms with Gasteiger partial charge in [-0.2, -0.15) is 0 Å². The van der Waals surface area contributed by atoms with Crippen LogP contribution in [0.25, 0.3) is 0 Å². The second-order valence-electron chi connectivity index (χ2n) is 4.46. The molecule has 0 aromatic heterocycles. The zero-order valence-electron chi connectivity index (χ0n) is 10.8. The molecule has 18 heavy (non-hydrogen) atoms. The second-order valence-corrected chi connectivity index (χ2v) is 4.46. The third-order valence-corrected chi connectivity index (χ3v) is 3.31. The van der Waals surface area contributed by atoms with E-state index in [9.17, 15) is 9.59 Å². The first kappa shape index (κ1) is 12.6. The largest absolute Gasteiger partial charge is 0.339 e. The molecule has 0 radical (unpaired) electrons. The molecule has 0 bridgehead atoms. The summed E-state index contributed by atoms with van der Waals surface area (Å²) in [6.07, 6.45) is 0.391. The molecular formula is C14H18N2O2. The van der Waals surface area contributed by atoms with Crippen LogP contribution >= 0.6 is 0 Å². The zero-order chi connectivity index (χ0) is 13.1. The summed E-state index contributed by atoms with van der Waals surface area (Å²) in [4.78, 5) is 27.2. The molecule has 0 saturated carbocycles. The third kappa shape index (κ3) is 2.37. The first-order chi connectivity index (χ1) is 8.63. The van der Waals surface area contributed by atoms with E-state index >= 15 is 0 Å². The molecular weight excluding hydrogens is 228 g/mol. The van der Waals surface area contributed by atoms with Crippen LogP contribution in [-0.4, -0.2) is 29.8 Å². The Hall–Kier alpha value is -1.84. The lowest BCUT2D eigenvalue weighted by Gasteiger charge is -2.31. The van der Waals surface area contributed by atoms with Crippen molar-refractivity contribution in [2.75, 3.05) is 18.0 Å². The number of benzene rings is 1. The van der Waals surface area contributed by atoms with Crippen LogP contribution in [0.3, 0.4) is 0 Å². The van der Waals surface area contributed by atoms with Crippen LogP contribution < -0.4 is 4.90 Å². The standard InChI is InChI=1S/C14H18N2O2/c1-3-15-10-12-6-4-5-7-13(12)16(11(2)17)9-8-14(15)18/h4-7H,3,8-10H2,1-2H3. The normalized spacial score (nSPS) is 16.0. The smallest absolute Gasteiger partial charge is 0.224 e. The van der Waals surface area contributed by atoms with Gasteiger partial charge in [0.2, 0.25) is 11.8 Å². The van der Waals surface area contributed by atoms with Gasteiger partial charge in [-0.15, -0.1) is 0 Å². The first-order valence-electron chi connectivity index (χ1n) is 6.27. The van der Waals surface area contributed by atoms with E-state index in [-0.39, 0.29) is 11.8 Å². The highest BCUT2D eigenvalue weighted by Crippen LogP contribution is 2.24. The minimum absolute atomic E-state index is 0.0137. The van der Waals surface area contributed by atoms with Crippen LogP contribution in [0.1, 0.15) is 25.8 Å². The van der Waals surface area contributed by atoms with Crippen molar-refractivity contribution in [3.05, 3.63) is 29.8 Å². The van der Waals surface area contributed by atoms with E-state index in [4.69, 9.17) is 0 Å². The molecule has 0 N–H and O–H groups in total. The molecule has 4 nitrogen and oxygen atoms in total. The lowest BCUT2D eigenvalue weighted by Crippen LogP contribution is -2.39. The van der Waals surface area contributed by atoms with Gasteiger partial charge in [0.1, 0.15) is 0 Å². The topological polar surface area (TPSA) is 40.6 Å². The summed E-state index contributed by atoms with van der Waals surface area (Å²) in [7, 11) is 0. The Morgan fingerprint density at radius 3 is 2.72 bits per heavy atom. The molecule has 0 atom stereocenters. The summed E-state index contributed by atoms with van der Waals surface area (Å²) in [5.74, 6) is 0.0958. The lowest BCUT2D eigenvalue weighted by molar-refractivity contribution is -0.131. The fourth-order valence-electron chi connectivity index (χ4n) is 2.30. The van der Waals surface area contributed by atoms with Crippen LogP contribution in [0.2, 0.25) is 0 Å². The molecule has 1 aromatic carbocycles. The van der Waals surface area contributed by atoms with E-state index in [2.05, 4.69) is 0 Å². The summed E-state index contributed by atoms with van der Waals surface area (Å²) in [5, 5.41) is 0. The van der Waals surface area contributed by atoms with Crippen LogP contribution in [0.15, 0.2) is 24.3 Å². The van der Waals surface area contributed by atoms with Gasteiger partial charge in [-0.3, -0.25) is 9.59 Å². The van der Waals surface area contributed by atoms with Crippen LogP contribution in [0.5, 0.6) is 0 Å². The maximum absolute atomic E-state index is 12.0. The molecule has 1 aliphatic heterocycles. The highest BCUT2D eigenvalue weighted by Gasteiger charge is 2.23. The number of para-hydroxylation sites is 1. The quantitative estimate of drug-likeness (QED) is 0.758. The van der Waals surface area contributed by atoms with Gasteiger partial charge in [0.25, 0.3) is 0 Å². The first-order valence-corrected chi connectivity index (χ1v) is 6.27. The third-order valence-electron chi connectivity index (χ3n) is 3.31. The van der Waals surface area contributed by atoms with E-state index in [1.807, 2.05) is 36.1 Å². The molecule has 0 saturated heterocycles. The predicted octanol–water partition coefficient (Wildman–Crippen LogP) is 1.79. The molecule has 1 aromatic rings. The van der Waals surface area contributed by atoms with Gasteiger partial charge in [0.15, 0.2) is 0 Å². The summed E-state index contributed by atoms with van der Waals surface area (Å²) in [5.41, 5.74) is 1.96. The predicted molar refractivity (Wildman–Crippen MR) is 70.2 cm³/mol. The minimum Gasteiger partial charge on any atom is -0.339 e. The number of rotatable bonds is 1. The van der Waals surface area contributed by atoms with Crippen molar-refractivity contribution in [1.29, 1.82) is 0 Å². The van der Waals surface area contributed by atoms with Crippen molar-refractivity contribution in [3.63, 3.8) is 0 Å². The van der Waals surface area contributed by atoms with Crippen molar-refractivity contribution < 1.29 is 9.59 Å². The number of anilines is 1. The molecule has 0 aliphatic carbocycles. The second kappa shape index (κ2) is 5.21. The fourth-order valence-corrected chi connectivity index (χ4v) is 2.30. The van der Waals surface area contributed by atoms with Crippen molar-refractivity contribution in [1.82, 2.24) is 4.90 Å². The van der Waals surface area contributed by atoms with Gasteiger partial charge in [0.05, 0.1) is 0 Å².